The van der Waals surface area contributed by atoms with Gasteiger partial charge in [0.2, 0.25) is 0 Å². The third-order valence-electron chi connectivity index (χ3n) is 7.15. The number of benzene rings is 3. The van der Waals surface area contributed by atoms with Crippen LogP contribution in [0.15, 0.2) is 78.9 Å². The van der Waals surface area contributed by atoms with E-state index < -0.39 is 0 Å². The number of anilines is 1. The van der Waals surface area contributed by atoms with Crippen LogP contribution in [0.1, 0.15) is 27.2 Å². The molecule has 3 aromatic carbocycles. The van der Waals surface area contributed by atoms with Crippen LogP contribution >= 0.6 is 0 Å². The first-order valence-corrected chi connectivity index (χ1v) is 12.8. The molecule has 0 spiro atoms. The average Bonchev–Trinajstić information content (AvgIpc) is 3.27. The molecule has 0 unspecified atom stereocenters. The molecule has 1 fully saturated rings. The van der Waals surface area contributed by atoms with Crippen LogP contribution in [0.2, 0.25) is 0 Å². The molecule has 5 rings (SSSR count). The molecular formula is C31H31FN4O2. The Morgan fingerprint density at radius 3 is 2.08 bits per heavy atom. The molecule has 7 heteroatoms. The molecule has 194 valence electrons. The smallest absolute Gasteiger partial charge is 0.321 e. The fraction of sp³-hybridized carbons (Fsp3) is 0.226. The summed E-state index contributed by atoms with van der Waals surface area (Å²) in [4.78, 5) is 30.1. The van der Waals surface area contributed by atoms with Crippen molar-refractivity contribution in [2.75, 3.05) is 31.5 Å². The molecule has 1 aromatic heterocycles. The minimum Gasteiger partial charge on any atom is -0.335 e. The summed E-state index contributed by atoms with van der Waals surface area (Å²) in [5.41, 5.74) is 6.93. The standard InChI is InChI=1S/C31H31FN4O2/c1-21-8-14-26(15-9-21)36-23(3)27(20-29(36)24-10-12-25(32)13-11-24)30(37)34-16-18-35(19-17-34)31(38)33-28-7-5-4-6-22(28)2/h4-15,20H,16-19H2,1-3H3,(H,33,38). The maximum Gasteiger partial charge on any atom is 0.321 e. The van der Waals surface area contributed by atoms with Crippen LogP contribution in [0.5, 0.6) is 0 Å². The fourth-order valence-electron chi connectivity index (χ4n) is 4.87. The summed E-state index contributed by atoms with van der Waals surface area (Å²) in [5, 5.41) is 2.97. The van der Waals surface area contributed by atoms with Crippen LogP contribution in [0.3, 0.4) is 0 Å². The highest BCUT2D eigenvalue weighted by molar-refractivity contribution is 5.98. The lowest BCUT2D eigenvalue weighted by molar-refractivity contribution is 0.0671. The Kier molecular flexibility index (Phi) is 7.01. The van der Waals surface area contributed by atoms with Gasteiger partial charge < -0.3 is 19.7 Å². The number of halogens is 1. The third-order valence-corrected chi connectivity index (χ3v) is 7.15. The number of hydrogen-bond acceptors (Lipinski definition) is 2. The first-order chi connectivity index (χ1) is 18.3. The number of aromatic nitrogens is 1. The van der Waals surface area contributed by atoms with Gasteiger partial charge in [-0.25, -0.2) is 9.18 Å². The summed E-state index contributed by atoms with van der Waals surface area (Å²) >= 11 is 0. The molecule has 3 amide bonds. The summed E-state index contributed by atoms with van der Waals surface area (Å²) in [6, 6.07) is 23.8. The van der Waals surface area contributed by atoms with Gasteiger partial charge >= 0.3 is 6.03 Å². The van der Waals surface area contributed by atoms with E-state index in [4.69, 9.17) is 0 Å². The van der Waals surface area contributed by atoms with Crippen LogP contribution in [0, 0.1) is 26.6 Å². The number of nitrogens with zero attached hydrogens (tertiary/aromatic N) is 3. The van der Waals surface area contributed by atoms with Gasteiger partial charge in [-0.1, -0.05) is 35.9 Å². The molecule has 0 bridgehead atoms. The predicted octanol–water partition coefficient (Wildman–Crippen LogP) is 6.20. The van der Waals surface area contributed by atoms with E-state index >= 15 is 0 Å². The highest BCUT2D eigenvalue weighted by Gasteiger charge is 2.28. The van der Waals surface area contributed by atoms with Crippen molar-refractivity contribution in [1.29, 1.82) is 0 Å². The number of piperazine rings is 1. The zero-order valence-corrected chi connectivity index (χ0v) is 21.9. The Morgan fingerprint density at radius 2 is 1.42 bits per heavy atom. The summed E-state index contributed by atoms with van der Waals surface area (Å²) in [6.45, 7) is 7.71. The van der Waals surface area contributed by atoms with Crippen molar-refractivity contribution < 1.29 is 14.0 Å². The van der Waals surface area contributed by atoms with E-state index in [1.54, 1.807) is 21.9 Å². The van der Waals surface area contributed by atoms with Gasteiger partial charge in [-0.2, -0.15) is 0 Å². The van der Waals surface area contributed by atoms with Gasteiger partial charge in [0, 0.05) is 43.2 Å². The zero-order valence-electron chi connectivity index (χ0n) is 21.9. The number of para-hydroxylation sites is 1. The molecule has 38 heavy (non-hydrogen) atoms. The van der Waals surface area contributed by atoms with E-state index in [1.165, 1.54) is 12.1 Å². The number of hydrogen-bond donors (Lipinski definition) is 1. The van der Waals surface area contributed by atoms with E-state index in [-0.39, 0.29) is 17.8 Å². The molecule has 0 saturated carbocycles. The van der Waals surface area contributed by atoms with Crippen LogP contribution in [-0.2, 0) is 0 Å². The lowest BCUT2D eigenvalue weighted by Crippen LogP contribution is -2.51. The maximum atomic E-state index is 13.7. The summed E-state index contributed by atoms with van der Waals surface area (Å²) < 4.78 is 15.7. The number of amides is 3. The molecule has 6 nitrogen and oxygen atoms in total. The molecule has 1 saturated heterocycles. The maximum absolute atomic E-state index is 13.7. The number of urea groups is 1. The fourth-order valence-corrected chi connectivity index (χ4v) is 4.87. The van der Waals surface area contributed by atoms with Crippen LogP contribution in [-0.4, -0.2) is 52.5 Å². The van der Waals surface area contributed by atoms with Crippen molar-refractivity contribution in [3.8, 4) is 16.9 Å². The van der Waals surface area contributed by atoms with Gasteiger partial charge in [-0.15, -0.1) is 0 Å². The summed E-state index contributed by atoms with van der Waals surface area (Å²) in [6.07, 6.45) is 0. The first-order valence-electron chi connectivity index (χ1n) is 12.8. The van der Waals surface area contributed by atoms with Gasteiger partial charge in [-0.3, -0.25) is 4.79 Å². The van der Waals surface area contributed by atoms with E-state index in [0.717, 1.165) is 39.5 Å². The normalized spacial score (nSPS) is 13.5. The zero-order chi connectivity index (χ0) is 26.8. The number of carbonyl (C=O) groups excluding carboxylic acids is 2. The molecule has 1 aliphatic rings. The number of aryl methyl sites for hydroxylation is 2. The molecule has 0 radical (unpaired) electrons. The van der Waals surface area contributed by atoms with Gasteiger partial charge in [0.1, 0.15) is 5.82 Å². The first kappa shape index (κ1) is 25.3. The quantitative estimate of drug-likeness (QED) is 0.356. The van der Waals surface area contributed by atoms with Crippen LogP contribution in [0.25, 0.3) is 16.9 Å². The van der Waals surface area contributed by atoms with Crippen LogP contribution in [0.4, 0.5) is 14.9 Å². The highest BCUT2D eigenvalue weighted by Crippen LogP contribution is 2.31. The number of rotatable bonds is 4. The molecule has 0 atom stereocenters. The Labute approximate surface area is 222 Å². The monoisotopic (exact) mass is 510 g/mol. The average molecular weight is 511 g/mol. The van der Waals surface area contributed by atoms with Gasteiger partial charge in [0.15, 0.2) is 0 Å². The van der Waals surface area contributed by atoms with Crippen molar-refractivity contribution in [1.82, 2.24) is 14.4 Å². The van der Waals surface area contributed by atoms with E-state index in [1.807, 2.05) is 79.9 Å². The van der Waals surface area contributed by atoms with Gasteiger partial charge in [0.25, 0.3) is 5.91 Å². The Bertz CT molecular complexity index is 1470. The van der Waals surface area contributed by atoms with Crippen molar-refractivity contribution in [3.05, 3.63) is 107 Å². The second-order valence-corrected chi connectivity index (χ2v) is 9.73. The molecule has 1 aliphatic heterocycles. The highest BCUT2D eigenvalue weighted by atomic mass is 19.1. The van der Waals surface area contributed by atoms with Crippen molar-refractivity contribution in [2.45, 2.75) is 20.8 Å². The number of nitrogens with one attached hydrogen (secondary N) is 1. The van der Waals surface area contributed by atoms with Crippen molar-refractivity contribution >= 4 is 17.6 Å². The summed E-state index contributed by atoms with van der Waals surface area (Å²) in [5.74, 6) is -0.379. The minimum absolute atomic E-state index is 0.0734. The largest absolute Gasteiger partial charge is 0.335 e. The lowest BCUT2D eigenvalue weighted by Gasteiger charge is -2.34. The molecule has 4 aromatic rings. The van der Waals surface area contributed by atoms with Crippen molar-refractivity contribution in [2.24, 2.45) is 0 Å². The SMILES string of the molecule is Cc1ccc(-n2c(-c3ccc(F)cc3)cc(C(=O)N3CCN(C(=O)Nc4ccccc4C)CC3)c2C)cc1. The Balaban J connectivity index is 1.37. The second kappa shape index (κ2) is 10.5. The minimum atomic E-state index is -0.306. The predicted molar refractivity (Wildman–Crippen MR) is 148 cm³/mol. The van der Waals surface area contributed by atoms with Crippen LogP contribution < -0.4 is 5.32 Å². The topological polar surface area (TPSA) is 57.6 Å². The molecular weight excluding hydrogens is 479 g/mol. The molecule has 2 heterocycles. The van der Waals surface area contributed by atoms with E-state index in [0.29, 0.717) is 31.7 Å². The molecule has 1 N–H and O–H groups in total. The molecule has 0 aliphatic carbocycles. The summed E-state index contributed by atoms with van der Waals surface area (Å²) in [7, 11) is 0. The number of carbonyl (C=O) groups is 2. The Morgan fingerprint density at radius 1 is 0.789 bits per heavy atom. The second-order valence-electron chi connectivity index (χ2n) is 9.73. The lowest BCUT2D eigenvalue weighted by atomic mass is 10.1. The van der Waals surface area contributed by atoms with Gasteiger partial charge in [-0.05, 0) is 80.4 Å². The third kappa shape index (κ3) is 5.05. The Hall–Kier alpha value is -4.39. The van der Waals surface area contributed by atoms with Crippen molar-refractivity contribution in [3.63, 3.8) is 0 Å². The van der Waals surface area contributed by atoms with E-state index in [9.17, 15) is 14.0 Å². The van der Waals surface area contributed by atoms with Gasteiger partial charge in [0.05, 0.1) is 11.3 Å². The van der Waals surface area contributed by atoms with E-state index in [2.05, 4.69) is 5.32 Å².